The minimum atomic E-state index is -3.68. The highest BCUT2D eigenvalue weighted by molar-refractivity contribution is 7.89. The summed E-state index contributed by atoms with van der Waals surface area (Å²) in [5.74, 6) is 1.98. The topological polar surface area (TPSA) is 73.9 Å². The van der Waals surface area contributed by atoms with E-state index in [9.17, 15) is 8.42 Å². The van der Waals surface area contributed by atoms with Crippen LogP contribution in [0.25, 0.3) is 0 Å². The summed E-state index contributed by atoms with van der Waals surface area (Å²) in [5, 5.41) is 0. The molecule has 0 heterocycles. The summed E-state index contributed by atoms with van der Waals surface area (Å²) >= 11 is 0. The van der Waals surface area contributed by atoms with E-state index in [1.165, 1.54) is 0 Å². The standard InChI is InChI=1S/C20H27NO5S/c1-13(2)16-11-20(14(3)9-18(16)25-5)27(22,23)21-12-15-7-8-17(24-4)19(10-15)26-6/h7-11,13,21H,12H2,1-6H3. The summed E-state index contributed by atoms with van der Waals surface area (Å²) < 4.78 is 44.3. The Morgan fingerprint density at radius 3 is 2.11 bits per heavy atom. The van der Waals surface area contributed by atoms with Gasteiger partial charge < -0.3 is 14.2 Å². The number of hydrogen-bond acceptors (Lipinski definition) is 5. The van der Waals surface area contributed by atoms with E-state index in [1.54, 1.807) is 58.6 Å². The fourth-order valence-corrected chi connectivity index (χ4v) is 4.12. The molecule has 0 aliphatic carbocycles. The first-order chi connectivity index (χ1) is 12.7. The average molecular weight is 394 g/mol. The largest absolute Gasteiger partial charge is 0.496 e. The van der Waals surface area contributed by atoms with Crippen molar-refractivity contribution in [1.29, 1.82) is 0 Å². The van der Waals surface area contributed by atoms with Crippen molar-refractivity contribution in [2.24, 2.45) is 0 Å². The number of aryl methyl sites for hydroxylation is 1. The molecule has 2 rings (SSSR count). The highest BCUT2D eigenvalue weighted by atomic mass is 32.2. The molecule has 0 fully saturated rings. The van der Waals surface area contributed by atoms with Crippen LogP contribution in [0.5, 0.6) is 17.2 Å². The molecule has 2 aromatic rings. The molecule has 0 atom stereocenters. The van der Waals surface area contributed by atoms with Crippen LogP contribution in [-0.2, 0) is 16.6 Å². The predicted octanol–water partition coefficient (Wildman–Crippen LogP) is 3.62. The highest BCUT2D eigenvalue weighted by Gasteiger charge is 2.21. The van der Waals surface area contributed by atoms with E-state index in [-0.39, 0.29) is 17.4 Å². The van der Waals surface area contributed by atoms with Crippen LogP contribution in [0.1, 0.15) is 36.5 Å². The molecule has 0 amide bonds. The third-order valence-electron chi connectivity index (χ3n) is 4.35. The molecular formula is C20H27NO5S. The number of rotatable bonds is 8. The molecule has 2 aromatic carbocycles. The zero-order valence-electron chi connectivity index (χ0n) is 16.6. The van der Waals surface area contributed by atoms with Crippen molar-refractivity contribution in [3.8, 4) is 17.2 Å². The molecule has 6 nitrogen and oxygen atoms in total. The third-order valence-corrected chi connectivity index (χ3v) is 5.90. The maximum atomic E-state index is 12.9. The lowest BCUT2D eigenvalue weighted by Crippen LogP contribution is -2.24. The Morgan fingerprint density at radius 2 is 1.56 bits per heavy atom. The van der Waals surface area contributed by atoms with Crippen molar-refractivity contribution in [2.45, 2.75) is 38.1 Å². The van der Waals surface area contributed by atoms with E-state index in [1.807, 2.05) is 13.8 Å². The first kappa shape index (κ1) is 21.1. The average Bonchev–Trinajstić information content (AvgIpc) is 2.65. The lowest BCUT2D eigenvalue weighted by atomic mass is 10.0. The quantitative estimate of drug-likeness (QED) is 0.741. The van der Waals surface area contributed by atoms with Crippen molar-refractivity contribution in [3.63, 3.8) is 0 Å². The van der Waals surface area contributed by atoms with Gasteiger partial charge in [-0.05, 0) is 53.8 Å². The summed E-state index contributed by atoms with van der Waals surface area (Å²) in [7, 11) is 1.00. The lowest BCUT2D eigenvalue weighted by Gasteiger charge is -2.17. The van der Waals surface area contributed by atoms with Crippen LogP contribution in [0.2, 0.25) is 0 Å². The monoisotopic (exact) mass is 393 g/mol. The van der Waals surface area contributed by atoms with E-state index in [0.29, 0.717) is 22.8 Å². The van der Waals surface area contributed by atoms with Crippen molar-refractivity contribution < 1.29 is 22.6 Å². The van der Waals surface area contributed by atoms with Crippen LogP contribution in [0.15, 0.2) is 35.2 Å². The van der Waals surface area contributed by atoms with Crippen LogP contribution >= 0.6 is 0 Å². The third kappa shape index (κ3) is 4.73. The van der Waals surface area contributed by atoms with Crippen LogP contribution in [-0.4, -0.2) is 29.7 Å². The van der Waals surface area contributed by atoms with E-state index in [4.69, 9.17) is 14.2 Å². The Hall–Kier alpha value is -2.25. The smallest absolute Gasteiger partial charge is 0.241 e. The molecule has 0 aliphatic heterocycles. The molecule has 0 spiro atoms. The maximum absolute atomic E-state index is 12.9. The molecule has 0 aromatic heterocycles. The second kappa shape index (κ2) is 8.63. The Bertz CT molecular complexity index is 907. The van der Waals surface area contributed by atoms with Gasteiger partial charge in [0.2, 0.25) is 10.0 Å². The summed E-state index contributed by atoms with van der Waals surface area (Å²) in [4.78, 5) is 0.257. The number of ether oxygens (including phenoxy) is 3. The van der Waals surface area contributed by atoms with Crippen molar-refractivity contribution >= 4 is 10.0 Å². The number of sulfonamides is 1. The van der Waals surface area contributed by atoms with E-state index in [2.05, 4.69) is 4.72 Å². The van der Waals surface area contributed by atoms with E-state index in [0.717, 1.165) is 11.1 Å². The van der Waals surface area contributed by atoms with Crippen molar-refractivity contribution in [3.05, 3.63) is 47.0 Å². The second-order valence-electron chi connectivity index (χ2n) is 6.53. The molecule has 7 heteroatoms. The normalized spacial score (nSPS) is 11.5. The van der Waals surface area contributed by atoms with Crippen molar-refractivity contribution in [1.82, 2.24) is 4.72 Å². The maximum Gasteiger partial charge on any atom is 0.241 e. The van der Waals surface area contributed by atoms with Crippen LogP contribution < -0.4 is 18.9 Å². The number of methoxy groups -OCH3 is 3. The Kier molecular flexibility index (Phi) is 6.73. The summed E-state index contributed by atoms with van der Waals surface area (Å²) in [6, 6.07) is 8.75. The minimum Gasteiger partial charge on any atom is -0.496 e. The molecule has 0 bridgehead atoms. The van der Waals surface area contributed by atoms with Gasteiger partial charge in [-0.2, -0.15) is 0 Å². The molecule has 148 valence electrons. The van der Waals surface area contributed by atoms with Gasteiger partial charge in [0.05, 0.1) is 26.2 Å². The first-order valence-corrected chi connectivity index (χ1v) is 10.1. The van der Waals surface area contributed by atoms with Crippen LogP contribution in [0.3, 0.4) is 0 Å². The van der Waals surface area contributed by atoms with E-state index < -0.39 is 10.0 Å². The van der Waals surface area contributed by atoms with Crippen molar-refractivity contribution in [2.75, 3.05) is 21.3 Å². The minimum absolute atomic E-state index is 0.139. The molecular weight excluding hydrogens is 366 g/mol. The molecule has 0 saturated heterocycles. The van der Waals surface area contributed by atoms with Gasteiger partial charge in [-0.15, -0.1) is 0 Å². The molecule has 27 heavy (non-hydrogen) atoms. The molecule has 0 saturated carbocycles. The molecule has 0 radical (unpaired) electrons. The van der Waals surface area contributed by atoms with Gasteiger partial charge in [0, 0.05) is 6.54 Å². The van der Waals surface area contributed by atoms with Gasteiger partial charge in [0.1, 0.15) is 5.75 Å². The molecule has 0 unspecified atom stereocenters. The summed E-state index contributed by atoms with van der Waals surface area (Å²) in [6.07, 6.45) is 0. The fourth-order valence-electron chi connectivity index (χ4n) is 2.84. The summed E-state index contributed by atoms with van der Waals surface area (Å²) in [6.45, 7) is 5.91. The predicted molar refractivity (Wildman–Crippen MR) is 105 cm³/mol. The molecule has 1 N–H and O–H groups in total. The van der Waals surface area contributed by atoms with Gasteiger partial charge in [-0.3, -0.25) is 0 Å². The first-order valence-electron chi connectivity index (χ1n) is 8.62. The van der Waals surface area contributed by atoms with Gasteiger partial charge in [0.25, 0.3) is 0 Å². The van der Waals surface area contributed by atoms with Gasteiger partial charge in [-0.1, -0.05) is 19.9 Å². The van der Waals surface area contributed by atoms with Gasteiger partial charge in [0.15, 0.2) is 11.5 Å². The fraction of sp³-hybridized carbons (Fsp3) is 0.400. The lowest BCUT2D eigenvalue weighted by molar-refractivity contribution is 0.354. The zero-order valence-corrected chi connectivity index (χ0v) is 17.4. The van der Waals surface area contributed by atoms with Gasteiger partial charge >= 0.3 is 0 Å². The van der Waals surface area contributed by atoms with Gasteiger partial charge in [-0.25, -0.2) is 13.1 Å². The number of benzene rings is 2. The Labute approximate surface area is 161 Å². The number of hydrogen-bond donors (Lipinski definition) is 1. The zero-order chi connectivity index (χ0) is 20.2. The number of nitrogens with one attached hydrogen (secondary N) is 1. The van der Waals surface area contributed by atoms with E-state index >= 15 is 0 Å². The Morgan fingerprint density at radius 1 is 0.926 bits per heavy atom. The van der Waals surface area contributed by atoms with Crippen LogP contribution in [0.4, 0.5) is 0 Å². The van der Waals surface area contributed by atoms with Crippen LogP contribution in [0, 0.1) is 6.92 Å². The highest BCUT2D eigenvalue weighted by Crippen LogP contribution is 2.32. The SMILES string of the molecule is COc1ccc(CNS(=O)(=O)c2cc(C(C)C)c(OC)cc2C)cc1OC. The summed E-state index contributed by atoms with van der Waals surface area (Å²) in [5.41, 5.74) is 2.26. The Balaban J connectivity index is 2.30. The second-order valence-corrected chi connectivity index (χ2v) is 8.26. The molecule has 0 aliphatic rings.